The van der Waals surface area contributed by atoms with Crippen molar-refractivity contribution in [2.24, 2.45) is 5.73 Å². The highest BCUT2D eigenvalue weighted by molar-refractivity contribution is 7.81. The molecule has 110 valence electrons. The molecule has 0 amide bonds. The molecule has 1 heterocycles. The molecule has 1 aromatic rings. The van der Waals surface area contributed by atoms with Crippen molar-refractivity contribution in [3.05, 3.63) is 28.0 Å². The van der Waals surface area contributed by atoms with Gasteiger partial charge in [0.1, 0.15) is 17.1 Å². The van der Waals surface area contributed by atoms with Crippen LogP contribution in [0.4, 0.5) is 5.88 Å². The maximum absolute atomic E-state index is 11.7. The van der Waals surface area contributed by atoms with E-state index in [1.165, 1.54) is 0 Å². The lowest BCUT2D eigenvalue weighted by molar-refractivity contribution is -0.402. The monoisotopic (exact) mass is 307 g/mol. The summed E-state index contributed by atoms with van der Waals surface area (Å²) in [7, 11) is -4.16. The minimum absolute atomic E-state index is 0.329. The summed E-state index contributed by atoms with van der Waals surface area (Å²) in [6.45, 7) is 0. The van der Waals surface area contributed by atoms with Gasteiger partial charge in [-0.3, -0.25) is 14.9 Å². The van der Waals surface area contributed by atoms with Gasteiger partial charge in [-0.1, -0.05) is 0 Å². The fourth-order valence-electron chi connectivity index (χ4n) is 1.26. The second-order valence-electron chi connectivity index (χ2n) is 3.89. The van der Waals surface area contributed by atoms with E-state index in [0.29, 0.717) is 0 Å². The lowest BCUT2D eigenvalue weighted by Gasteiger charge is -2.10. The summed E-state index contributed by atoms with van der Waals surface area (Å²) >= 11 is 0. The second kappa shape index (κ2) is 6.06. The Balaban J connectivity index is 2.77. The molecule has 1 atom stereocenters. The third kappa shape index (κ3) is 3.81. The standard InChI is InChI=1S/C9H11N2O8P/c10-5(8(12)13)3-4-20(17,18)9(14)6-1-2-7(19-6)11(15)16/h1-2,5,17-18H,3-4,10H2/p+1/t5-/m0/s1. The molecule has 11 heteroatoms. The Morgan fingerprint density at radius 3 is 2.50 bits per heavy atom. The second-order valence-corrected chi connectivity index (χ2v) is 6.20. The summed E-state index contributed by atoms with van der Waals surface area (Å²) in [4.78, 5) is 51.0. The molecule has 5 N–H and O–H groups in total. The van der Waals surface area contributed by atoms with Crippen molar-refractivity contribution in [2.75, 3.05) is 6.16 Å². The Hall–Kier alpha value is -1.87. The predicted molar refractivity (Wildman–Crippen MR) is 66.1 cm³/mol. The first kappa shape index (κ1) is 16.2. The van der Waals surface area contributed by atoms with E-state index in [0.717, 1.165) is 12.1 Å². The first-order chi connectivity index (χ1) is 9.15. The number of carbonyl (C=O) groups is 2. The number of nitrogens with two attached hydrogens (primary N) is 1. The minimum Gasteiger partial charge on any atom is -0.480 e. The fraction of sp³-hybridized carbons (Fsp3) is 0.333. The quantitative estimate of drug-likeness (QED) is 0.305. The Bertz CT molecular complexity index is 540. The average molecular weight is 307 g/mol. The molecule has 10 nitrogen and oxygen atoms in total. The molecule has 0 aromatic carbocycles. The van der Waals surface area contributed by atoms with E-state index in [2.05, 4.69) is 4.42 Å². The first-order valence-corrected chi connectivity index (χ1v) is 7.14. The van der Waals surface area contributed by atoms with Gasteiger partial charge in [-0.15, -0.1) is 0 Å². The van der Waals surface area contributed by atoms with E-state index in [1.54, 1.807) is 0 Å². The van der Waals surface area contributed by atoms with Crippen molar-refractivity contribution >= 4 is 25.1 Å². The molecule has 0 bridgehead atoms. The summed E-state index contributed by atoms with van der Waals surface area (Å²) in [6.07, 6.45) is -0.877. The molecule has 0 saturated heterocycles. The molecule has 0 aliphatic heterocycles. The van der Waals surface area contributed by atoms with E-state index in [1.807, 2.05) is 0 Å². The van der Waals surface area contributed by atoms with Gasteiger partial charge in [-0.2, -0.15) is 0 Å². The van der Waals surface area contributed by atoms with Crippen molar-refractivity contribution in [1.29, 1.82) is 0 Å². The van der Waals surface area contributed by atoms with Crippen LogP contribution in [0.2, 0.25) is 0 Å². The summed E-state index contributed by atoms with van der Waals surface area (Å²) in [5, 5.41) is 18.9. The molecule has 0 aliphatic rings. The zero-order chi connectivity index (χ0) is 15.5. The summed E-state index contributed by atoms with van der Waals surface area (Å²) < 4.78 is 4.56. The Labute approximate surface area is 112 Å². The molecule has 0 saturated carbocycles. The lowest BCUT2D eigenvalue weighted by Crippen LogP contribution is -2.31. The van der Waals surface area contributed by atoms with E-state index in [9.17, 15) is 29.5 Å². The SMILES string of the molecule is N[C@@H](CC[P+](O)(O)C(=O)c1ccc([N+](=O)[O-])o1)C(=O)O. The van der Waals surface area contributed by atoms with Gasteiger partial charge in [0.15, 0.2) is 0 Å². The van der Waals surface area contributed by atoms with Crippen LogP contribution in [0.3, 0.4) is 0 Å². The molecular formula is C9H12N2O8P+. The van der Waals surface area contributed by atoms with Crippen LogP contribution in [0.25, 0.3) is 0 Å². The topological polar surface area (TPSA) is 177 Å². The van der Waals surface area contributed by atoms with Gasteiger partial charge in [0.2, 0.25) is 5.76 Å². The predicted octanol–water partition coefficient (Wildman–Crippen LogP) is -0.0378. The minimum atomic E-state index is -4.16. The third-order valence-corrected chi connectivity index (χ3v) is 4.13. The molecule has 0 radical (unpaired) electrons. The number of furan rings is 1. The highest BCUT2D eigenvalue weighted by atomic mass is 31.2. The van der Waals surface area contributed by atoms with Crippen molar-refractivity contribution in [3.63, 3.8) is 0 Å². The molecule has 20 heavy (non-hydrogen) atoms. The fourth-order valence-corrected chi connectivity index (χ4v) is 2.58. The van der Waals surface area contributed by atoms with Gasteiger partial charge in [0.05, 0.1) is 6.07 Å². The maximum atomic E-state index is 11.7. The normalized spacial score (nSPS) is 12.9. The Morgan fingerprint density at radius 2 is 2.05 bits per heavy atom. The Morgan fingerprint density at radius 1 is 1.45 bits per heavy atom. The lowest BCUT2D eigenvalue weighted by atomic mass is 10.2. The molecule has 0 unspecified atom stereocenters. The summed E-state index contributed by atoms with van der Waals surface area (Å²) in [5.74, 6) is -2.62. The zero-order valence-corrected chi connectivity index (χ0v) is 10.9. The smallest absolute Gasteiger partial charge is 0.433 e. The number of nitro groups is 1. The molecule has 1 aromatic heterocycles. The summed E-state index contributed by atoms with van der Waals surface area (Å²) in [5.41, 5.74) is 3.97. The van der Waals surface area contributed by atoms with E-state index in [-0.39, 0.29) is 6.42 Å². The van der Waals surface area contributed by atoms with Crippen molar-refractivity contribution < 1.29 is 33.8 Å². The number of carboxylic acid groups (broad SMARTS) is 1. The molecular weight excluding hydrogens is 295 g/mol. The van der Waals surface area contributed by atoms with Gasteiger partial charge in [0, 0.05) is 6.42 Å². The van der Waals surface area contributed by atoms with Crippen LogP contribution in [-0.2, 0) is 4.79 Å². The van der Waals surface area contributed by atoms with Crippen LogP contribution in [0.5, 0.6) is 0 Å². The van der Waals surface area contributed by atoms with Crippen molar-refractivity contribution in [2.45, 2.75) is 12.5 Å². The van der Waals surface area contributed by atoms with Crippen molar-refractivity contribution in [3.8, 4) is 0 Å². The van der Waals surface area contributed by atoms with E-state index >= 15 is 0 Å². The van der Waals surface area contributed by atoms with Gasteiger partial charge in [-0.05, 0) is 6.07 Å². The van der Waals surface area contributed by atoms with Crippen LogP contribution in [0.1, 0.15) is 17.0 Å². The molecule has 0 fully saturated rings. The number of carbonyl (C=O) groups excluding carboxylic acids is 1. The van der Waals surface area contributed by atoms with Crippen LogP contribution >= 0.6 is 7.72 Å². The van der Waals surface area contributed by atoms with Gasteiger partial charge < -0.3 is 15.3 Å². The van der Waals surface area contributed by atoms with Crippen LogP contribution < -0.4 is 5.73 Å². The number of hydrogen-bond acceptors (Lipinski definition) is 8. The largest absolute Gasteiger partial charge is 0.480 e. The van der Waals surface area contributed by atoms with Crippen molar-refractivity contribution in [1.82, 2.24) is 0 Å². The number of aliphatic carboxylic acids is 1. The molecule has 0 spiro atoms. The van der Waals surface area contributed by atoms with Crippen LogP contribution in [-0.4, -0.2) is 43.5 Å². The highest BCUT2D eigenvalue weighted by Crippen LogP contribution is 2.53. The van der Waals surface area contributed by atoms with Crippen LogP contribution in [0, 0.1) is 10.1 Å². The average Bonchev–Trinajstić information content (AvgIpc) is 2.84. The number of carboxylic acids is 1. The zero-order valence-electron chi connectivity index (χ0n) is 10.0. The maximum Gasteiger partial charge on any atom is 0.433 e. The first-order valence-electron chi connectivity index (χ1n) is 5.26. The number of rotatable bonds is 7. The van der Waals surface area contributed by atoms with E-state index in [4.69, 9.17) is 10.8 Å². The highest BCUT2D eigenvalue weighted by Gasteiger charge is 2.47. The van der Waals surface area contributed by atoms with Gasteiger partial charge >= 0.3 is 25.1 Å². The number of nitrogens with zero attached hydrogens (tertiary/aromatic N) is 1. The van der Waals surface area contributed by atoms with Gasteiger partial charge in [-0.25, -0.2) is 14.6 Å². The Kier molecular flexibility index (Phi) is 4.90. The van der Waals surface area contributed by atoms with Gasteiger partial charge in [0.25, 0.3) is 0 Å². The third-order valence-electron chi connectivity index (χ3n) is 2.38. The van der Waals surface area contributed by atoms with E-state index < -0.39 is 48.0 Å². The molecule has 1 rings (SSSR count). The summed E-state index contributed by atoms with van der Waals surface area (Å²) in [6, 6.07) is 0.502. The molecule has 0 aliphatic carbocycles. The van der Waals surface area contributed by atoms with Crippen LogP contribution in [0.15, 0.2) is 16.5 Å². The number of hydrogen-bond donors (Lipinski definition) is 4.